The van der Waals surface area contributed by atoms with Crippen molar-refractivity contribution in [1.29, 1.82) is 0 Å². The van der Waals surface area contributed by atoms with E-state index in [-0.39, 0.29) is 0 Å². The molecule has 11 rings (SSSR count). The molecule has 11 aromatic rings. The second-order valence-electron chi connectivity index (χ2n) is 14.7. The van der Waals surface area contributed by atoms with Gasteiger partial charge in [-0.2, -0.15) is 0 Å². The van der Waals surface area contributed by atoms with E-state index < -0.39 is 0 Å². The largest absolute Gasteiger partial charge is 0.455 e. The lowest BCUT2D eigenvalue weighted by molar-refractivity contribution is 0.670. The maximum atomic E-state index is 6.59. The number of furan rings is 1. The third-order valence-electron chi connectivity index (χ3n) is 10.8. The van der Waals surface area contributed by atoms with Crippen LogP contribution in [-0.2, 0) is 0 Å². The molecule has 0 aliphatic heterocycles. The molecule has 0 aliphatic carbocycles. The molecular weight excluding hydrogens is 749 g/mol. The zero-order valence-electron chi connectivity index (χ0n) is 32.7. The van der Waals surface area contributed by atoms with E-state index in [4.69, 9.17) is 34.3 Å². The van der Waals surface area contributed by atoms with Crippen LogP contribution in [0, 0.1) is 0 Å². The highest BCUT2D eigenvalue weighted by Crippen LogP contribution is 2.38. The number of nitrogens with zero attached hydrogens (tertiary/aromatic N) is 6. The van der Waals surface area contributed by atoms with Gasteiger partial charge in [0.05, 0.1) is 0 Å². The highest BCUT2D eigenvalue weighted by Gasteiger charge is 2.17. The number of benzene rings is 8. The Balaban J connectivity index is 0.911. The van der Waals surface area contributed by atoms with Gasteiger partial charge in [-0.15, -0.1) is 0 Å². The average molecular weight is 783 g/mol. The van der Waals surface area contributed by atoms with Crippen LogP contribution in [0.4, 0.5) is 0 Å². The molecule has 3 heterocycles. The Labute approximate surface area is 351 Å². The third kappa shape index (κ3) is 7.00. The van der Waals surface area contributed by atoms with Crippen LogP contribution in [0.5, 0.6) is 0 Å². The molecule has 3 aromatic heterocycles. The molecule has 0 N–H and O–H groups in total. The SMILES string of the molecule is c1ccc(-c2nc(-c3ccccc3)nc(-c3ccc(-c4ccc5oc6c(-c7ccc(-c8nc(-c9ccccc9)nc(-c9ccccc9)n8)cc7)cccc6c5c4)cc3)n2)cc1. The molecule has 0 bridgehead atoms. The van der Waals surface area contributed by atoms with Crippen molar-refractivity contribution >= 4 is 21.9 Å². The van der Waals surface area contributed by atoms with Crippen molar-refractivity contribution in [3.05, 3.63) is 206 Å². The summed E-state index contributed by atoms with van der Waals surface area (Å²) < 4.78 is 6.59. The van der Waals surface area contributed by atoms with E-state index in [1.807, 2.05) is 121 Å². The van der Waals surface area contributed by atoms with E-state index in [1.54, 1.807) is 0 Å². The maximum Gasteiger partial charge on any atom is 0.164 e. The predicted octanol–water partition coefficient (Wildman–Crippen LogP) is 13.3. The molecule has 0 fully saturated rings. The van der Waals surface area contributed by atoms with Gasteiger partial charge >= 0.3 is 0 Å². The quantitative estimate of drug-likeness (QED) is 0.152. The standard InChI is InChI=1S/C54H34N6O/c1-5-14-37(15-6-1)49-55-50(38-16-7-2-8-17-38)58-53(57-49)41-28-24-35(25-29-41)43-32-33-47-46(34-43)45-23-13-22-44(48(45)61-47)36-26-30-42(31-27-36)54-59-51(39-18-9-3-10-19-39)56-52(60-54)40-20-11-4-12-21-40/h1-34H. The Hall–Kier alpha value is -8.42. The first-order valence-electron chi connectivity index (χ1n) is 20.1. The Morgan fingerprint density at radius 3 is 1.00 bits per heavy atom. The van der Waals surface area contributed by atoms with Crippen molar-refractivity contribution in [3.63, 3.8) is 0 Å². The number of hydrogen-bond acceptors (Lipinski definition) is 7. The molecular formula is C54H34N6O. The zero-order chi connectivity index (χ0) is 40.5. The summed E-state index contributed by atoms with van der Waals surface area (Å²) in [7, 11) is 0. The Morgan fingerprint density at radius 2 is 0.590 bits per heavy atom. The van der Waals surface area contributed by atoms with Gasteiger partial charge < -0.3 is 4.42 Å². The summed E-state index contributed by atoms with van der Waals surface area (Å²) in [5.41, 5.74) is 11.5. The topological polar surface area (TPSA) is 90.5 Å². The number of aromatic nitrogens is 6. The van der Waals surface area contributed by atoms with Crippen molar-refractivity contribution in [2.45, 2.75) is 0 Å². The van der Waals surface area contributed by atoms with Gasteiger partial charge in [0.2, 0.25) is 0 Å². The van der Waals surface area contributed by atoms with Gasteiger partial charge in [0.1, 0.15) is 11.2 Å². The first kappa shape index (κ1) is 35.7. The van der Waals surface area contributed by atoms with Crippen LogP contribution in [0.25, 0.3) is 113 Å². The van der Waals surface area contributed by atoms with Gasteiger partial charge in [0.25, 0.3) is 0 Å². The van der Waals surface area contributed by atoms with Gasteiger partial charge in [0.15, 0.2) is 34.9 Å². The van der Waals surface area contributed by atoms with Crippen molar-refractivity contribution in [3.8, 4) is 90.6 Å². The fourth-order valence-corrected chi connectivity index (χ4v) is 7.69. The van der Waals surface area contributed by atoms with Gasteiger partial charge in [-0.25, -0.2) is 29.9 Å². The normalized spacial score (nSPS) is 11.3. The summed E-state index contributed by atoms with van der Waals surface area (Å²) in [6, 6.07) is 69.6. The van der Waals surface area contributed by atoms with E-state index in [0.717, 1.165) is 77.6 Å². The molecule has 0 radical (unpaired) electrons. The first-order chi connectivity index (χ1) is 30.2. The second kappa shape index (κ2) is 15.4. The molecule has 0 amide bonds. The summed E-state index contributed by atoms with van der Waals surface area (Å²) >= 11 is 0. The van der Waals surface area contributed by atoms with E-state index in [1.165, 1.54) is 0 Å². The number of hydrogen-bond donors (Lipinski definition) is 0. The number of rotatable bonds is 8. The molecule has 7 nitrogen and oxygen atoms in total. The minimum absolute atomic E-state index is 0.615. The molecule has 7 heteroatoms. The van der Waals surface area contributed by atoms with E-state index in [2.05, 4.69) is 84.9 Å². The lowest BCUT2D eigenvalue weighted by Crippen LogP contribution is -2.00. The predicted molar refractivity (Wildman–Crippen MR) is 244 cm³/mol. The van der Waals surface area contributed by atoms with Crippen molar-refractivity contribution < 1.29 is 4.42 Å². The zero-order valence-corrected chi connectivity index (χ0v) is 32.7. The fourth-order valence-electron chi connectivity index (χ4n) is 7.69. The van der Waals surface area contributed by atoms with Gasteiger partial charge in [-0.05, 0) is 28.8 Å². The van der Waals surface area contributed by atoms with Gasteiger partial charge in [-0.1, -0.05) is 194 Å². The lowest BCUT2D eigenvalue weighted by atomic mass is 9.99. The first-order valence-corrected chi connectivity index (χ1v) is 20.1. The summed E-state index contributed by atoms with van der Waals surface area (Å²) in [4.78, 5) is 29.3. The van der Waals surface area contributed by atoms with Crippen LogP contribution in [0.15, 0.2) is 211 Å². The summed E-state index contributed by atoms with van der Waals surface area (Å²) in [5.74, 6) is 3.78. The molecule has 0 aliphatic rings. The van der Waals surface area contributed by atoms with Crippen molar-refractivity contribution in [2.75, 3.05) is 0 Å². The molecule has 286 valence electrons. The summed E-state index contributed by atoms with van der Waals surface area (Å²) in [6.07, 6.45) is 0. The molecule has 0 atom stereocenters. The lowest BCUT2D eigenvalue weighted by Gasteiger charge is -2.09. The van der Waals surface area contributed by atoms with Crippen LogP contribution in [0.3, 0.4) is 0 Å². The fraction of sp³-hybridized carbons (Fsp3) is 0. The van der Waals surface area contributed by atoms with Crippen LogP contribution >= 0.6 is 0 Å². The van der Waals surface area contributed by atoms with Crippen LogP contribution < -0.4 is 0 Å². The van der Waals surface area contributed by atoms with E-state index >= 15 is 0 Å². The molecule has 61 heavy (non-hydrogen) atoms. The van der Waals surface area contributed by atoms with Crippen LogP contribution in [0.1, 0.15) is 0 Å². The molecule has 8 aromatic carbocycles. The van der Waals surface area contributed by atoms with Gasteiger partial charge in [-0.3, -0.25) is 0 Å². The monoisotopic (exact) mass is 782 g/mol. The summed E-state index contributed by atoms with van der Waals surface area (Å²) in [6.45, 7) is 0. The average Bonchev–Trinajstić information content (AvgIpc) is 3.73. The minimum atomic E-state index is 0.615. The van der Waals surface area contributed by atoms with Gasteiger partial charge in [0, 0.05) is 49.7 Å². The Bertz CT molecular complexity index is 3200. The van der Waals surface area contributed by atoms with Crippen LogP contribution in [0.2, 0.25) is 0 Å². The minimum Gasteiger partial charge on any atom is -0.455 e. The smallest absolute Gasteiger partial charge is 0.164 e. The van der Waals surface area contributed by atoms with Crippen molar-refractivity contribution in [2.24, 2.45) is 0 Å². The molecule has 0 saturated carbocycles. The highest BCUT2D eigenvalue weighted by atomic mass is 16.3. The highest BCUT2D eigenvalue weighted by molar-refractivity contribution is 6.10. The van der Waals surface area contributed by atoms with E-state index in [9.17, 15) is 0 Å². The maximum absolute atomic E-state index is 6.59. The van der Waals surface area contributed by atoms with Crippen molar-refractivity contribution in [1.82, 2.24) is 29.9 Å². The molecule has 0 spiro atoms. The van der Waals surface area contributed by atoms with E-state index in [0.29, 0.717) is 34.9 Å². The second-order valence-corrected chi connectivity index (χ2v) is 14.7. The summed E-state index contributed by atoms with van der Waals surface area (Å²) in [5, 5.41) is 2.11. The molecule has 0 unspecified atom stereocenters. The van der Waals surface area contributed by atoms with Crippen LogP contribution in [-0.4, -0.2) is 29.9 Å². The Kier molecular flexibility index (Phi) is 9.02. The third-order valence-corrected chi connectivity index (χ3v) is 10.8. The molecule has 0 saturated heterocycles. The number of fused-ring (bicyclic) bond motifs is 3. The Morgan fingerprint density at radius 1 is 0.246 bits per heavy atom. The number of para-hydroxylation sites is 1.